The van der Waals surface area contributed by atoms with Crippen LogP contribution >= 0.6 is 7.60 Å². The largest absolute Gasteiger partial charge is 0.423 e. The van der Waals surface area contributed by atoms with Crippen LogP contribution in [-0.2, 0) is 4.57 Å². The highest BCUT2D eigenvalue weighted by Gasteiger charge is 2.29. The van der Waals surface area contributed by atoms with Crippen molar-refractivity contribution in [2.75, 3.05) is 32.5 Å². The van der Waals surface area contributed by atoms with Crippen molar-refractivity contribution in [1.29, 1.82) is 0 Å². The van der Waals surface area contributed by atoms with Gasteiger partial charge in [0.25, 0.3) is 5.91 Å². The lowest BCUT2D eigenvalue weighted by Gasteiger charge is -2.29. The van der Waals surface area contributed by atoms with Crippen LogP contribution in [0.5, 0.6) is 5.75 Å². The maximum Gasteiger partial charge on any atom is 0.390 e. The number of carbonyl (C=O) groups excluding carboxylic acids is 1. The number of amides is 1. The number of rotatable bonds is 13. The minimum Gasteiger partial charge on any atom is -0.423 e. The molecule has 0 heterocycles. The Morgan fingerprint density at radius 1 is 0.871 bits per heavy atom. The third kappa shape index (κ3) is 10.7. The number of benzene rings is 1. The van der Waals surface area contributed by atoms with Crippen molar-refractivity contribution >= 4 is 13.5 Å². The average Bonchev–Trinajstić information content (AvgIpc) is 2.58. The Bertz CT molecular complexity index is 714. The first kappa shape index (κ1) is 27.7. The quantitative estimate of drug-likeness (QED) is 0.394. The Morgan fingerprint density at radius 3 is 1.77 bits per heavy atom. The minimum atomic E-state index is -3.98. The van der Waals surface area contributed by atoms with Crippen molar-refractivity contribution in [3.8, 4) is 5.75 Å². The van der Waals surface area contributed by atoms with E-state index in [4.69, 9.17) is 4.52 Å². The fourth-order valence-electron chi connectivity index (χ4n) is 3.67. The van der Waals surface area contributed by atoms with E-state index in [1.165, 1.54) is 0 Å². The molecule has 0 radical (unpaired) electrons. The molecule has 31 heavy (non-hydrogen) atoms. The van der Waals surface area contributed by atoms with E-state index >= 15 is 0 Å². The molecule has 0 bridgehead atoms. The van der Waals surface area contributed by atoms with Gasteiger partial charge >= 0.3 is 7.60 Å². The van der Waals surface area contributed by atoms with Crippen molar-refractivity contribution in [3.63, 3.8) is 0 Å². The van der Waals surface area contributed by atoms with E-state index in [-0.39, 0.29) is 17.9 Å². The molecule has 1 amide bonds. The molecule has 0 aliphatic heterocycles. The molecule has 0 aromatic heterocycles. The second kappa shape index (κ2) is 12.6. The van der Waals surface area contributed by atoms with Crippen LogP contribution in [0.3, 0.4) is 0 Å². The standard InChI is InChI=1S/C24H43N2O4P/c1-18(2)13-25(14-19(3)4)17-31(28,29)30-23-12-10-9-11-22(23)24(27)26(15-20(5)6)16-21(7)8/h9-12,18-21H,13-17H2,1-8H3,(H,28,29). The number of carbonyl (C=O) groups is 1. The molecule has 0 aliphatic rings. The van der Waals surface area contributed by atoms with Crippen molar-refractivity contribution in [2.24, 2.45) is 23.7 Å². The third-order valence-electron chi connectivity index (χ3n) is 4.44. The molecule has 178 valence electrons. The Morgan fingerprint density at radius 2 is 1.32 bits per heavy atom. The van der Waals surface area contributed by atoms with Gasteiger partial charge in [-0.25, -0.2) is 4.57 Å². The van der Waals surface area contributed by atoms with E-state index in [0.29, 0.717) is 55.4 Å². The summed E-state index contributed by atoms with van der Waals surface area (Å²) < 4.78 is 18.7. The summed E-state index contributed by atoms with van der Waals surface area (Å²) in [6.45, 7) is 19.3. The van der Waals surface area contributed by atoms with E-state index in [1.807, 2.05) is 9.80 Å². The molecule has 1 rings (SSSR count). The molecule has 1 atom stereocenters. The predicted molar refractivity (Wildman–Crippen MR) is 129 cm³/mol. The van der Waals surface area contributed by atoms with Gasteiger partial charge in [0.05, 0.1) is 5.56 Å². The van der Waals surface area contributed by atoms with Crippen LogP contribution < -0.4 is 4.52 Å². The zero-order valence-electron chi connectivity index (χ0n) is 20.7. The Balaban J connectivity index is 3.10. The zero-order chi connectivity index (χ0) is 23.8. The van der Waals surface area contributed by atoms with Gasteiger partial charge in [0.2, 0.25) is 0 Å². The van der Waals surface area contributed by atoms with Gasteiger partial charge in [-0.1, -0.05) is 67.5 Å². The molecular weight excluding hydrogens is 411 g/mol. The molecule has 1 aromatic rings. The van der Waals surface area contributed by atoms with Crippen molar-refractivity contribution in [2.45, 2.75) is 55.4 Å². The predicted octanol–water partition coefficient (Wildman–Crippen LogP) is 5.58. The smallest absolute Gasteiger partial charge is 0.390 e. The lowest BCUT2D eigenvalue weighted by atomic mass is 10.1. The molecule has 0 aliphatic carbocycles. The molecule has 0 saturated heterocycles. The molecule has 0 spiro atoms. The van der Waals surface area contributed by atoms with E-state index < -0.39 is 7.60 Å². The monoisotopic (exact) mass is 454 g/mol. The fraction of sp³-hybridized carbons (Fsp3) is 0.708. The number of para-hydroxylation sites is 1. The molecule has 1 N–H and O–H groups in total. The first-order valence-corrected chi connectivity index (χ1v) is 13.2. The topological polar surface area (TPSA) is 70.1 Å². The van der Waals surface area contributed by atoms with E-state index in [1.54, 1.807) is 24.3 Å². The maximum absolute atomic E-state index is 13.3. The molecule has 1 unspecified atom stereocenters. The number of hydrogen-bond donors (Lipinski definition) is 1. The van der Waals surface area contributed by atoms with Crippen LogP contribution in [0.1, 0.15) is 65.7 Å². The van der Waals surface area contributed by atoms with Gasteiger partial charge in [-0.05, 0) is 35.8 Å². The SMILES string of the molecule is CC(C)CN(CC(C)C)CP(=O)(O)Oc1ccccc1C(=O)N(CC(C)C)CC(C)C. The first-order chi connectivity index (χ1) is 14.3. The van der Waals surface area contributed by atoms with Crippen LogP contribution in [0, 0.1) is 23.7 Å². The van der Waals surface area contributed by atoms with Gasteiger partial charge in [-0.3, -0.25) is 9.69 Å². The minimum absolute atomic E-state index is 0.0619. The van der Waals surface area contributed by atoms with Crippen LogP contribution in [0.15, 0.2) is 24.3 Å². The second-order valence-electron chi connectivity index (χ2n) is 10.2. The van der Waals surface area contributed by atoms with Crippen LogP contribution in [0.2, 0.25) is 0 Å². The summed E-state index contributed by atoms with van der Waals surface area (Å²) in [5.41, 5.74) is 0.331. The molecular formula is C24H43N2O4P. The lowest BCUT2D eigenvalue weighted by Crippen LogP contribution is -2.37. The van der Waals surface area contributed by atoms with Gasteiger partial charge in [-0.15, -0.1) is 0 Å². The first-order valence-electron chi connectivity index (χ1n) is 11.4. The van der Waals surface area contributed by atoms with Gasteiger partial charge in [0.15, 0.2) is 0 Å². The van der Waals surface area contributed by atoms with Crippen molar-refractivity contribution in [1.82, 2.24) is 9.80 Å². The van der Waals surface area contributed by atoms with Gasteiger partial charge in [0.1, 0.15) is 12.0 Å². The Labute approximate surface area is 189 Å². The van der Waals surface area contributed by atoms with Gasteiger partial charge in [-0.2, -0.15) is 0 Å². The third-order valence-corrected chi connectivity index (χ3v) is 5.68. The Kier molecular flexibility index (Phi) is 11.3. The fourth-order valence-corrected chi connectivity index (χ4v) is 4.93. The van der Waals surface area contributed by atoms with E-state index in [2.05, 4.69) is 55.4 Å². The molecule has 0 fully saturated rings. The zero-order valence-corrected chi connectivity index (χ0v) is 21.6. The summed E-state index contributed by atoms with van der Waals surface area (Å²) in [4.78, 5) is 27.8. The summed E-state index contributed by atoms with van der Waals surface area (Å²) in [6.07, 6.45) is -0.0619. The van der Waals surface area contributed by atoms with Crippen LogP contribution in [-0.4, -0.2) is 53.1 Å². The molecule has 1 aromatic carbocycles. The summed E-state index contributed by atoms with van der Waals surface area (Å²) in [5, 5.41) is 0. The van der Waals surface area contributed by atoms with Gasteiger partial charge in [0, 0.05) is 26.2 Å². The lowest BCUT2D eigenvalue weighted by molar-refractivity contribution is 0.0713. The molecule has 6 nitrogen and oxygen atoms in total. The molecule has 7 heteroatoms. The number of nitrogens with zero attached hydrogens (tertiary/aromatic N) is 2. The van der Waals surface area contributed by atoms with E-state index in [0.717, 1.165) is 0 Å². The summed E-state index contributed by atoms with van der Waals surface area (Å²) in [6, 6.07) is 6.76. The van der Waals surface area contributed by atoms with Crippen LogP contribution in [0.25, 0.3) is 0 Å². The summed E-state index contributed by atoms with van der Waals surface area (Å²) >= 11 is 0. The second-order valence-corrected chi connectivity index (χ2v) is 11.9. The van der Waals surface area contributed by atoms with Crippen molar-refractivity contribution in [3.05, 3.63) is 29.8 Å². The normalized spacial score (nSPS) is 14.0. The summed E-state index contributed by atoms with van der Waals surface area (Å²) in [7, 11) is -3.98. The molecule has 0 saturated carbocycles. The highest BCUT2D eigenvalue weighted by molar-refractivity contribution is 7.53. The Hall–Kier alpha value is -1.36. The maximum atomic E-state index is 13.3. The summed E-state index contributed by atoms with van der Waals surface area (Å²) in [5.74, 6) is 1.38. The number of hydrogen-bond acceptors (Lipinski definition) is 4. The van der Waals surface area contributed by atoms with Crippen molar-refractivity contribution < 1.29 is 18.8 Å². The van der Waals surface area contributed by atoms with E-state index in [9.17, 15) is 14.3 Å². The van der Waals surface area contributed by atoms with Gasteiger partial charge < -0.3 is 14.3 Å². The van der Waals surface area contributed by atoms with Crippen LogP contribution in [0.4, 0.5) is 0 Å². The average molecular weight is 455 g/mol. The highest BCUT2D eigenvalue weighted by atomic mass is 31.2. The highest BCUT2D eigenvalue weighted by Crippen LogP contribution is 2.44.